The van der Waals surface area contributed by atoms with Crippen LogP contribution in [0.15, 0.2) is 28.8 Å². The highest BCUT2D eigenvalue weighted by atomic mass is 16.5. The summed E-state index contributed by atoms with van der Waals surface area (Å²) in [7, 11) is 1.66. The second-order valence-electron chi connectivity index (χ2n) is 7.13. The van der Waals surface area contributed by atoms with E-state index in [2.05, 4.69) is 10.1 Å². The number of rotatable bonds is 3. The molecule has 1 aromatic carbocycles. The van der Waals surface area contributed by atoms with E-state index in [0.717, 1.165) is 30.0 Å². The van der Waals surface area contributed by atoms with E-state index < -0.39 is 0 Å². The molecule has 5 nitrogen and oxygen atoms in total. The maximum atomic E-state index is 6.02. The number of nitrogens with two attached hydrogens (primary N) is 1. The van der Waals surface area contributed by atoms with E-state index in [-0.39, 0.29) is 0 Å². The fourth-order valence-electron chi connectivity index (χ4n) is 4.08. The molecule has 1 spiro atoms. The van der Waals surface area contributed by atoms with Crippen LogP contribution in [0.2, 0.25) is 0 Å². The van der Waals surface area contributed by atoms with Crippen molar-refractivity contribution in [1.82, 2.24) is 10.1 Å². The van der Waals surface area contributed by atoms with Crippen molar-refractivity contribution < 1.29 is 9.26 Å². The summed E-state index contributed by atoms with van der Waals surface area (Å²) >= 11 is 0. The molecule has 2 fully saturated rings. The average Bonchev–Trinajstić information content (AvgIpc) is 3.03. The molecule has 0 bridgehead atoms. The van der Waals surface area contributed by atoms with Gasteiger partial charge in [-0.15, -0.1) is 0 Å². The largest absolute Gasteiger partial charge is 0.497 e. The van der Waals surface area contributed by atoms with E-state index >= 15 is 0 Å². The lowest BCUT2D eigenvalue weighted by atomic mass is 9.55. The zero-order valence-electron chi connectivity index (χ0n) is 13.5. The maximum Gasteiger partial charge on any atom is 0.230 e. The van der Waals surface area contributed by atoms with Crippen molar-refractivity contribution in [1.29, 1.82) is 0 Å². The molecule has 0 radical (unpaired) electrons. The average molecular weight is 313 g/mol. The van der Waals surface area contributed by atoms with Crippen LogP contribution in [0.1, 0.15) is 50.3 Å². The van der Waals surface area contributed by atoms with Crippen LogP contribution in [-0.4, -0.2) is 23.3 Å². The molecule has 2 aliphatic rings. The Bertz CT molecular complexity index is 664. The molecule has 1 aromatic heterocycles. The number of benzene rings is 1. The van der Waals surface area contributed by atoms with Crippen LogP contribution < -0.4 is 10.5 Å². The molecule has 0 unspecified atom stereocenters. The molecule has 23 heavy (non-hydrogen) atoms. The fourth-order valence-corrected chi connectivity index (χ4v) is 4.08. The summed E-state index contributed by atoms with van der Waals surface area (Å²) in [5, 5.41) is 4.14. The van der Waals surface area contributed by atoms with Crippen LogP contribution in [-0.2, 0) is 0 Å². The molecule has 4 rings (SSSR count). The van der Waals surface area contributed by atoms with E-state index in [1.165, 1.54) is 25.7 Å². The minimum absolute atomic E-state index is 0.407. The minimum Gasteiger partial charge on any atom is -0.497 e. The molecule has 1 heterocycles. The van der Waals surface area contributed by atoms with Gasteiger partial charge in [0.15, 0.2) is 0 Å². The molecule has 2 saturated carbocycles. The quantitative estimate of drug-likeness (QED) is 0.938. The van der Waals surface area contributed by atoms with Gasteiger partial charge in [-0.05, 0) is 68.2 Å². The fraction of sp³-hybridized carbons (Fsp3) is 0.556. The summed E-state index contributed by atoms with van der Waals surface area (Å²) in [6.45, 7) is 0. The molecule has 2 aromatic rings. The third-order valence-electron chi connectivity index (χ3n) is 5.59. The van der Waals surface area contributed by atoms with E-state index in [0.29, 0.717) is 23.2 Å². The van der Waals surface area contributed by atoms with Gasteiger partial charge in [0.2, 0.25) is 11.7 Å². The first kappa shape index (κ1) is 14.7. The van der Waals surface area contributed by atoms with E-state index in [1.807, 2.05) is 24.3 Å². The van der Waals surface area contributed by atoms with Gasteiger partial charge in [-0.2, -0.15) is 4.98 Å². The summed E-state index contributed by atoms with van der Waals surface area (Å²) in [6, 6.07) is 8.14. The van der Waals surface area contributed by atoms with Crippen LogP contribution in [0.4, 0.5) is 0 Å². The Labute approximate surface area is 136 Å². The Kier molecular flexibility index (Phi) is 3.60. The number of aromatic nitrogens is 2. The first-order valence-corrected chi connectivity index (χ1v) is 8.41. The van der Waals surface area contributed by atoms with E-state index in [1.54, 1.807) is 7.11 Å². The molecule has 0 aliphatic heterocycles. The van der Waals surface area contributed by atoms with Crippen molar-refractivity contribution in [2.45, 2.75) is 50.5 Å². The number of methoxy groups -OCH3 is 1. The van der Waals surface area contributed by atoms with Gasteiger partial charge >= 0.3 is 0 Å². The monoisotopic (exact) mass is 313 g/mol. The number of nitrogens with zero attached hydrogens (tertiary/aromatic N) is 2. The predicted molar refractivity (Wildman–Crippen MR) is 87.1 cm³/mol. The van der Waals surface area contributed by atoms with Crippen LogP contribution in [0.5, 0.6) is 5.75 Å². The SMILES string of the molecule is COc1ccc(-c2noc(C3CC4(CCC(N)CC4)C3)n2)cc1. The molecular weight excluding hydrogens is 290 g/mol. The van der Waals surface area contributed by atoms with Crippen LogP contribution in [0, 0.1) is 5.41 Å². The molecule has 2 aliphatic carbocycles. The first-order chi connectivity index (χ1) is 11.2. The van der Waals surface area contributed by atoms with Gasteiger partial charge in [0.05, 0.1) is 7.11 Å². The Morgan fingerprint density at radius 3 is 2.52 bits per heavy atom. The Balaban J connectivity index is 1.43. The lowest BCUT2D eigenvalue weighted by Gasteiger charge is -2.50. The van der Waals surface area contributed by atoms with E-state index in [4.69, 9.17) is 15.0 Å². The van der Waals surface area contributed by atoms with Crippen LogP contribution in [0.3, 0.4) is 0 Å². The highest BCUT2D eigenvalue weighted by Crippen LogP contribution is 2.58. The summed E-state index contributed by atoms with van der Waals surface area (Å²) in [5.41, 5.74) is 7.47. The first-order valence-electron chi connectivity index (χ1n) is 8.41. The van der Waals surface area contributed by atoms with Crippen molar-refractivity contribution in [3.63, 3.8) is 0 Å². The molecular formula is C18H23N3O2. The number of ether oxygens (including phenoxy) is 1. The Hall–Kier alpha value is -1.88. The lowest BCUT2D eigenvalue weighted by Crippen LogP contribution is -2.42. The van der Waals surface area contributed by atoms with Crippen LogP contribution in [0.25, 0.3) is 11.4 Å². The third-order valence-corrected chi connectivity index (χ3v) is 5.59. The third kappa shape index (κ3) is 2.74. The van der Waals surface area contributed by atoms with Crippen molar-refractivity contribution >= 4 is 0 Å². The van der Waals surface area contributed by atoms with Gasteiger partial charge in [0.1, 0.15) is 5.75 Å². The molecule has 0 amide bonds. The summed E-state index contributed by atoms with van der Waals surface area (Å²) in [6.07, 6.45) is 7.17. The molecule has 122 valence electrons. The second kappa shape index (κ2) is 5.64. The highest BCUT2D eigenvalue weighted by Gasteiger charge is 2.48. The van der Waals surface area contributed by atoms with Gasteiger partial charge < -0.3 is 15.0 Å². The summed E-state index contributed by atoms with van der Waals surface area (Å²) in [4.78, 5) is 4.61. The Morgan fingerprint density at radius 2 is 1.87 bits per heavy atom. The van der Waals surface area contributed by atoms with Crippen molar-refractivity contribution in [3.8, 4) is 17.1 Å². The zero-order valence-corrected chi connectivity index (χ0v) is 13.5. The zero-order chi connectivity index (χ0) is 15.9. The highest BCUT2D eigenvalue weighted by molar-refractivity contribution is 5.55. The predicted octanol–water partition coefficient (Wildman–Crippen LogP) is 3.51. The minimum atomic E-state index is 0.407. The second-order valence-corrected chi connectivity index (χ2v) is 7.13. The molecule has 2 N–H and O–H groups in total. The van der Waals surface area contributed by atoms with Gasteiger partial charge in [0.25, 0.3) is 0 Å². The molecule has 0 atom stereocenters. The normalized spacial score (nSPS) is 30.2. The standard InChI is InChI=1S/C18H23N3O2/c1-22-15-4-2-12(3-5-15)16-20-17(23-21-16)13-10-18(11-13)8-6-14(19)7-9-18/h2-5,13-14H,6-11,19H2,1H3. The maximum absolute atomic E-state index is 6.02. The van der Waals surface area contributed by atoms with Crippen LogP contribution >= 0.6 is 0 Å². The van der Waals surface area contributed by atoms with E-state index in [9.17, 15) is 0 Å². The van der Waals surface area contributed by atoms with Crippen molar-refractivity contribution in [2.24, 2.45) is 11.1 Å². The molecule has 0 saturated heterocycles. The van der Waals surface area contributed by atoms with Gasteiger partial charge in [-0.1, -0.05) is 5.16 Å². The molecule has 5 heteroatoms. The Morgan fingerprint density at radius 1 is 1.17 bits per heavy atom. The number of hydrogen-bond donors (Lipinski definition) is 1. The summed E-state index contributed by atoms with van der Waals surface area (Å²) in [5.74, 6) is 2.70. The van der Waals surface area contributed by atoms with Crippen molar-refractivity contribution in [2.75, 3.05) is 7.11 Å². The number of hydrogen-bond acceptors (Lipinski definition) is 5. The van der Waals surface area contributed by atoms with Crippen molar-refractivity contribution in [3.05, 3.63) is 30.2 Å². The lowest BCUT2D eigenvalue weighted by molar-refractivity contribution is 0.0335. The topological polar surface area (TPSA) is 74.2 Å². The van der Waals surface area contributed by atoms with Gasteiger partial charge in [-0.25, -0.2) is 0 Å². The summed E-state index contributed by atoms with van der Waals surface area (Å²) < 4.78 is 10.7. The van der Waals surface area contributed by atoms with Gasteiger partial charge in [-0.3, -0.25) is 0 Å². The van der Waals surface area contributed by atoms with Gasteiger partial charge in [0, 0.05) is 17.5 Å². The smallest absolute Gasteiger partial charge is 0.230 e.